The molecule has 2 N–H and O–H groups in total. The average molecular weight is 258 g/mol. The van der Waals surface area contributed by atoms with Crippen molar-refractivity contribution in [3.8, 4) is 0 Å². The quantitative estimate of drug-likeness (QED) is 0.896. The van der Waals surface area contributed by atoms with Crippen LogP contribution in [0.25, 0.3) is 0 Å². The number of rotatable bonds is 5. The second-order valence-corrected chi connectivity index (χ2v) is 5.16. The summed E-state index contributed by atoms with van der Waals surface area (Å²) in [5.41, 5.74) is 11.0. The summed E-state index contributed by atoms with van der Waals surface area (Å²) in [7, 11) is 2.10. The zero-order valence-electron chi connectivity index (χ0n) is 11.9. The largest absolute Gasteiger partial charge is 0.472 e. The van der Waals surface area contributed by atoms with Crippen molar-refractivity contribution >= 4 is 0 Å². The van der Waals surface area contributed by atoms with Crippen LogP contribution in [0.1, 0.15) is 28.3 Å². The van der Waals surface area contributed by atoms with Gasteiger partial charge in [0, 0.05) is 24.7 Å². The summed E-state index contributed by atoms with van der Waals surface area (Å²) >= 11 is 0. The van der Waals surface area contributed by atoms with E-state index < -0.39 is 0 Å². The molecule has 0 saturated carbocycles. The number of hydrogen-bond donors (Lipinski definition) is 1. The maximum absolute atomic E-state index is 5.98. The van der Waals surface area contributed by atoms with Crippen molar-refractivity contribution in [3.63, 3.8) is 0 Å². The molecule has 2 rings (SSSR count). The Balaban J connectivity index is 2.18. The predicted octanol–water partition coefficient (Wildman–Crippen LogP) is 3.03. The molecule has 0 bridgehead atoms. The Labute approximate surface area is 115 Å². The highest BCUT2D eigenvalue weighted by Gasteiger charge is 2.17. The van der Waals surface area contributed by atoms with Gasteiger partial charge in [-0.3, -0.25) is 4.90 Å². The zero-order chi connectivity index (χ0) is 13.8. The van der Waals surface area contributed by atoms with Crippen molar-refractivity contribution < 1.29 is 4.42 Å². The molecule has 102 valence electrons. The fraction of sp³-hybridized carbons (Fsp3) is 0.375. The first kappa shape index (κ1) is 13.8. The minimum Gasteiger partial charge on any atom is -0.472 e. The lowest BCUT2D eigenvalue weighted by atomic mass is 9.98. The summed E-state index contributed by atoms with van der Waals surface area (Å²) in [5.74, 6) is 0. The normalized spacial score (nSPS) is 12.9. The van der Waals surface area contributed by atoms with Crippen molar-refractivity contribution in [1.29, 1.82) is 0 Å². The number of furan rings is 1. The fourth-order valence-electron chi connectivity index (χ4n) is 2.52. The molecule has 3 heteroatoms. The summed E-state index contributed by atoms with van der Waals surface area (Å²) in [6.45, 7) is 5.71. The summed E-state index contributed by atoms with van der Waals surface area (Å²) in [4.78, 5) is 2.27. The molecule has 1 aromatic heterocycles. The average Bonchev–Trinajstić information content (AvgIpc) is 2.85. The van der Waals surface area contributed by atoms with E-state index in [-0.39, 0.29) is 6.04 Å². The highest BCUT2D eigenvalue weighted by molar-refractivity contribution is 5.33. The lowest BCUT2D eigenvalue weighted by molar-refractivity contribution is 0.240. The zero-order valence-corrected chi connectivity index (χ0v) is 11.9. The van der Waals surface area contributed by atoms with Gasteiger partial charge in [0.15, 0.2) is 0 Å². The third-order valence-electron chi connectivity index (χ3n) is 3.55. The van der Waals surface area contributed by atoms with Gasteiger partial charge < -0.3 is 10.2 Å². The Morgan fingerprint density at radius 1 is 1.26 bits per heavy atom. The third-order valence-corrected chi connectivity index (χ3v) is 3.55. The Kier molecular flexibility index (Phi) is 4.40. The lowest BCUT2D eigenvalue weighted by Crippen LogP contribution is -2.30. The molecule has 0 aliphatic carbocycles. The number of nitrogens with two attached hydrogens (primary N) is 1. The first-order chi connectivity index (χ1) is 9.11. The van der Waals surface area contributed by atoms with E-state index in [1.807, 2.05) is 6.07 Å². The van der Waals surface area contributed by atoms with E-state index in [0.717, 1.165) is 6.54 Å². The van der Waals surface area contributed by atoms with Gasteiger partial charge >= 0.3 is 0 Å². The van der Waals surface area contributed by atoms with Crippen molar-refractivity contribution in [2.75, 3.05) is 13.6 Å². The molecule has 2 aromatic rings. The molecular weight excluding hydrogens is 236 g/mol. The van der Waals surface area contributed by atoms with E-state index >= 15 is 0 Å². The van der Waals surface area contributed by atoms with Crippen LogP contribution < -0.4 is 5.73 Å². The van der Waals surface area contributed by atoms with Crippen molar-refractivity contribution in [2.24, 2.45) is 5.73 Å². The van der Waals surface area contributed by atoms with E-state index in [4.69, 9.17) is 10.2 Å². The summed E-state index contributed by atoms with van der Waals surface area (Å²) in [6, 6.07) is 8.77. The standard InChI is InChI=1S/C16H22N2O/c1-12-4-5-15(13(2)8-12)16(9-17)18(3)10-14-6-7-19-11-14/h4-8,11,16H,9-10,17H2,1-3H3. The molecule has 1 heterocycles. The number of likely N-dealkylation sites (N-methyl/N-ethyl adjacent to an activating group) is 1. The smallest absolute Gasteiger partial charge is 0.0947 e. The van der Waals surface area contributed by atoms with Gasteiger partial charge in [-0.25, -0.2) is 0 Å². The molecule has 0 fully saturated rings. The number of benzene rings is 1. The molecular formula is C16H22N2O. The minimum absolute atomic E-state index is 0.232. The van der Waals surface area contributed by atoms with Crippen LogP contribution in [-0.2, 0) is 6.54 Å². The van der Waals surface area contributed by atoms with Gasteiger partial charge in [0.05, 0.1) is 12.5 Å². The van der Waals surface area contributed by atoms with Crippen LogP contribution in [0.4, 0.5) is 0 Å². The molecule has 0 aliphatic heterocycles. The Hall–Kier alpha value is -1.58. The Bertz CT molecular complexity index is 520. The summed E-state index contributed by atoms with van der Waals surface area (Å²) < 4.78 is 5.12. The molecule has 0 amide bonds. The molecule has 0 saturated heterocycles. The number of aryl methyl sites for hydroxylation is 2. The van der Waals surface area contributed by atoms with Gasteiger partial charge in [-0.15, -0.1) is 0 Å². The predicted molar refractivity (Wildman–Crippen MR) is 77.9 cm³/mol. The molecule has 1 unspecified atom stereocenters. The highest BCUT2D eigenvalue weighted by Crippen LogP contribution is 2.24. The molecule has 0 radical (unpaired) electrons. The van der Waals surface area contributed by atoms with Crippen LogP contribution in [0.5, 0.6) is 0 Å². The van der Waals surface area contributed by atoms with E-state index in [2.05, 4.69) is 44.0 Å². The maximum Gasteiger partial charge on any atom is 0.0947 e. The molecule has 3 nitrogen and oxygen atoms in total. The van der Waals surface area contributed by atoms with E-state index in [9.17, 15) is 0 Å². The number of hydrogen-bond acceptors (Lipinski definition) is 3. The van der Waals surface area contributed by atoms with Crippen LogP contribution in [0.3, 0.4) is 0 Å². The first-order valence-electron chi connectivity index (χ1n) is 6.60. The molecule has 19 heavy (non-hydrogen) atoms. The Morgan fingerprint density at radius 2 is 2.05 bits per heavy atom. The lowest BCUT2D eigenvalue weighted by Gasteiger charge is -2.28. The van der Waals surface area contributed by atoms with Gasteiger partial charge in [0.25, 0.3) is 0 Å². The van der Waals surface area contributed by atoms with E-state index in [1.165, 1.54) is 22.3 Å². The van der Waals surface area contributed by atoms with Gasteiger partial charge in [0.1, 0.15) is 0 Å². The van der Waals surface area contributed by atoms with Crippen molar-refractivity contribution in [3.05, 3.63) is 59.0 Å². The Morgan fingerprint density at radius 3 is 2.63 bits per heavy atom. The SMILES string of the molecule is Cc1ccc(C(CN)N(C)Cc2ccoc2)c(C)c1. The second kappa shape index (κ2) is 6.04. The molecule has 0 aliphatic rings. The van der Waals surface area contributed by atoms with Crippen LogP contribution in [0.2, 0.25) is 0 Å². The monoisotopic (exact) mass is 258 g/mol. The summed E-state index contributed by atoms with van der Waals surface area (Å²) in [6.07, 6.45) is 3.49. The van der Waals surface area contributed by atoms with Gasteiger partial charge in [0.2, 0.25) is 0 Å². The van der Waals surface area contributed by atoms with Crippen molar-refractivity contribution in [1.82, 2.24) is 4.90 Å². The van der Waals surface area contributed by atoms with Crippen LogP contribution in [0, 0.1) is 13.8 Å². The molecule has 0 spiro atoms. The summed E-state index contributed by atoms with van der Waals surface area (Å²) in [5, 5.41) is 0. The molecule has 1 atom stereocenters. The fourth-order valence-corrected chi connectivity index (χ4v) is 2.52. The van der Waals surface area contributed by atoms with E-state index in [0.29, 0.717) is 6.54 Å². The van der Waals surface area contributed by atoms with Crippen LogP contribution >= 0.6 is 0 Å². The van der Waals surface area contributed by atoms with Gasteiger partial charge in [-0.2, -0.15) is 0 Å². The van der Waals surface area contributed by atoms with Crippen molar-refractivity contribution in [2.45, 2.75) is 26.4 Å². The third kappa shape index (κ3) is 3.25. The van der Waals surface area contributed by atoms with Gasteiger partial charge in [-0.05, 0) is 38.1 Å². The highest BCUT2D eigenvalue weighted by atomic mass is 16.3. The maximum atomic E-state index is 5.98. The van der Waals surface area contributed by atoms with E-state index in [1.54, 1.807) is 12.5 Å². The number of nitrogens with zero attached hydrogens (tertiary/aromatic N) is 1. The van der Waals surface area contributed by atoms with Crippen LogP contribution in [-0.4, -0.2) is 18.5 Å². The van der Waals surface area contributed by atoms with Gasteiger partial charge in [-0.1, -0.05) is 23.8 Å². The minimum atomic E-state index is 0.232. The topological polar surface area (TPSA) is 42.4 Å². The first-order valence-corrected chi connectivity index (χ1v) is 6.60. The van der Waals surface area contributed by atoms with Crippen LogP contribution in [0.15, 0.2) is 41.2 Å². The second-order valence-electron chi connectivity index (χ2n) is 5.16. The molecule has 1 aromatic carbocycles.